The van der Waals surface area contributed by atoms with Gasteiger partial charge in [-0.05, 0) is 47.2 Å². The summed E-state index contributed by atoms with van der Waals surface area (Å²) in [5.74, 6) is 0.752. The van der Waals surface area contributed by atoms with Crippen LogP contribution in [0.25, 0.3) is 0 Å². The van der Waals surface area contributed by atoms with Crippen molar-refractivity contribution in [1.29, 1.82) is 0 Å². The molecule has 0 saturated carbocycles. The minimum Gasteiger partial charge on any atom is -0.388 e. The number of nitrogens with one attached hydrogen (secondary N) is 2. The molecular formula is C19H42N4O2. The standard InChI is InChI=1S/C19H42N4O2/c1-7-12-19(24,13-8-2)16-22-18(20-9-3)21-15-17(25-10-4)11-14-23(5)6/h17,24H,7-16H2,1-6H3,(H2,20,21,22). The van der Waals surface area contributed by atoms with E-state index in [4.69, 9.17) is 4.74 Å². The van der Waals surface area contributed by atoms with Crippen molar-refractivity contribution in [3.8, 4) is 0 Å². The van der Waals surface area contributed by atoms with E-state index in [0.717, 1.165) is 51.2 Å². The van der Waals surface area contributed by atoms with E-state index < -0.39 is 5.60 Å². The maximum Gasteiger partial charge on any atom is 0.191 e. The molecule has 0 radical (unpaired) electrons. The van der Waals surface area contributed by atoms with E-state index in [1.54, 1.807) is 0 Å². The molecule has 6 nitrogen and oxygen atoms in total. The molecule has 1 unspecified atom stereocenters. The fourth-order valence-electron chi connectivity index (χ4n) is 2.87. The number of aliphatic hydroxyl groups is 1. The Labute approximate surface area is 155 Å². The van der Waals surface area contributed by atoms with E-state index in [1.807, 2.05) is 13.8 Å². The van der Waals surface area contributed by atoms with Crippen molar-refractivity contribution in [2.24, 2.45) is 4.99 Å². The molecular weight excluding hydrogens is 316 g/mol. The fraction of sp³-hybridized carbons (Fsp3) is 0.947. The Morgan fingerprint density at radius 3 is 2.24 bits per heavy atom. The van der Waals surface area contributed by atoms with Crippen molar-refractivity contribution >= 4 is 5.96 Å². The van der Waals surface area contributed by atoms with Gasteiger partial charge in [0.1, 0.15) is 0 Å². The first-order valence-corrected chi connectivity index (χ1v) is 9.91. The third-order valence-corrected chi connectivity index (χ3v) is 4.10. The number of guanidine groups is 1. The summed E-state index contributed by atoms with van der Waals surface area (Å²) in [4.78, 5) is 6.80. The van der Waals surface area contributed by atoms with Gasteiger partial charge in [0.05, 0.1) is 18.2 Å². The predicted octanol–water partition coefficient (Wildman–Crippen LogP) is 2.23. The average molecular weight is 359 g/mol. The van der Waals surface area contributed by atoms with E-state index >= 15 is 0 Å². The molecule has 0 aromatic carbocycles. The Morgan fingerprint density at radius 2 is 1.76 bits per heavy atom. The highest BCUT2D eigenvalue weighted by Gasteiger charge is 2.24. The van der Waals surface area contributed by atoms with Crippen molar-refractivity contribution in [2.75, 3.05) is 46.9 Å². The molecule has 0 amide bonds. The van der Waals surface area contributed by atoms with Gasteiger partial charge in [0.15, 0.2) is 5.96 Å². The third kappa shape index (κ3) is 12.2. The molecule has 0 saturated heterocycles. The van der Waals surface area contributed by atoms with Gasteiger partial charge in [0.25, 0.3) is 0 Å². The van der Waals surface area contributed by atoms with Crippen molar-refractivity contribution in [3.63, 3.8) is 0 Å². The lowest BCUT2D eigenvalue weighted by atomic mass is 9.93. The first kappa shape index (κ1) is 24.1. The third-order valence-electron chi connectivity index (χ3n) is 4.10. The van der Waals surface area contributed by atoms with Crippen LogP contribution in [0.1, 0.15) is 59.8 Å². The van der Waals surface area contributed by atoms with Crippen LogP contribution in [-0.4, -0.2) is 74.6 Å². The minimum absolute atomic E-state index is 0.154. The van der Waals surface area contributed by atoms with Gasteiger partial charge in [-0.1, -0.05) is 26.7 Å². The molecule has 0 rings (SSSR count). The molecule has 0 aliphatic rings. The fourth-order valence-corrected chi connectivity index (χ4v) is 2.87. The average Bonchev–Trinajstić information content (AvgIpc) is 2.55. The Hall–Kier alpha value is -0.850. The second-order valence-corrected chi connectivity index (χ2v) is 6.97. The highest BCUT2D eigenvalue weighted by molar-refractivity contribution is 5.79. The van der Waals surface area contributed by atoms with Gasteiger partial charge in [-0.3, -0.25) is 4.99 Å². The summed E-state index contributed by atoms with van der Waals surface area (Å²) < 4.78 is 5.82. The zero-order chi connectivity index (χ0) is 19.1. The van der Waals surface area contributed by atoms with Gasteiger partial charge in [-0.25, -0.2) is 0 Å². The van der Waals surface area contributed by atoms with Crippen molar-refractivity contribution in [1.82, 2.24) is 15.5 Å². The topological polar surface area (TPSA) is 69.1 Å². The smallest absolute Gasteiger partial charge is 0.191 e. The summed E-state index contributed by atoms with van der Waals surface area (Å²) in [5, 5.41) is 17.4. The highest BCUT2D eigenvalue weighted by Crippen LogP contribution is 2.19. The summed E-state index contributed by atoms with van der Waals surface area (Å²) in [6.07, 6.45) is 4.63. The van der Waals surface area contributed by atoms with Crippen LogP contribution >= 0.6 is 0 Å². The molecule has 0 aliphatic carbocycles. The molecule has 25 heavy (non-hydrogen) atoms. The Morgan fingerprint density at radius 1 is 1.12 bits per heavy atom. The molecule has 0 fully saturated rings. The van der Waals surface area contributed by atoms with Crippen LogP contribution < -0.4 is 10.6 Å². The molecule has 0 aromatic heterocycles. The quantitative estimate of drug-likeness (QED) is 0.328. The van der Waals surface area contributed by atoms with E-state index in [1.165, 1.54) is 0 Å². The molecule has 0 heterocycles. The Kier molecular flexibility index (Phi) is 13.8. The second kappa shape index (κ2) is 14.3. The molecule has 0 aromatic rings. The largest absolute Gasteiger partial charge is 0.388 e. The number of ether oxygens (including phenoxy) is 1. The molecule has 0 spiro atoms. The second-order valence-electron chi connectivity index (χ2n) is 6.97. The summed E-state index contributed by atoms with van der Waals surface area (Å²) in [5.41, 5.74) is -0.698. The van der Waals surface area contributed by atoms with Crippen LogP contribution in [0.3, 0.4) is 0 Å². The van der Waals surface area contributed by atoms with Gasteiger partial charge in [-0.2, -0.15) is 0 Å². The van der Waals surface area contributed by atoms with E-state index in [2.05, 4.69) is 48.5 Å². The summed E-state index contributed by atoms with van der Waals surface area (Å²) in [6, 6.07) is 0. The molecule has 150 valence electrons. The minimum atomic E-state index is -0.698. The number of rotatable bonds is 14. The Balaban J connectivity index is 4.72. The van der Waals surface area contributed by atoms with Gasteiger partial charge < -0.3 is 25.4 Å². The lowest BCUT2D eigenvalue weighted by molar-refractivity contribution is 0.0305. The number of nitrogens with zero attached hydrogens (tertiary/aromatic N) is 2. The van der Waals surface area contributed by atoms with Crippen LogP contribution in [0, 0.1) is 0 Å². The van der Waals surface area contributed by atoms with Crippen molar-refractivity contribution in [2.45, 2.75) is 71.5 Å². The van der Waals surface area contributed by atoms with Gasteiger partial charge in [0.2, 0.25) is 0 Å². The zero-order valence-electron chi connectivity index (χ0n) is 17.4. The zero-order valence-corrected chi connectivity index (χ0v) is 17.4. The lowest BCUT2D eigenvalue weighted by Gasteiger charge is -2.26. The number of aliphatic imine (C=N–C) groups is 1. The van der Waals surface area contributed by atoms with E-state index in [0.29, 0.717) is 19.7 Å². The van der Waals surface area contributed by atoms with Crippen LogP contribution in [0.2, 0.25) is 0 Å². The summed E-state index contributed by atoms with van der Waals surface area (Å²) in [6.45, 7) is 11.9. The van der Waals surface area contributed by atoms with Crippen molar-refractivity contribution < 1.29 is 9.84 Å². The van der Waals surface area contributed by atoms with Crippen molar-refractivity contribution in [3.05, 3.63) is 0 Å². The molecule has 1 atom stereocenters. The van der Waals surface area contributed by atoms with E-state index in [9.17, 15) is 5.11 Å². The number of hydrogen-bond donors (Lipinski definition) is 3. The number of hydrogen-bond acceptors (Lipinski definition) is 4. The van der Waals surface area contributed by atoms with Crippen LogP contribution in [0.4, 0.5) is 0 Å². The van der Waals surface area contributed by atoms with Gasteiger partial charge in [-0.15, -0.1) is 0 Å². The maximum atomic E-state index is 10.7. The van der Waals surface area contributed by atoms with Gasteiger partial charge in [0, 0.05) is 26.2 Å². The monoisotopic (exact) mass is 358 g/mol. The maximum absolute atomic E-state index is 10.7. The predicted molar refractivity (Wildman–Crippen MR) is 107 cm³/mol. The molecule has 6 heteroatoms. The normalized spacial score (nSPS) is 14.0. The molecule has 0 bridgehead atoms. The molecule has 0 aliphatic heterocycles. The summed E-state index contributed by atoms with van der Waals surface area (Å²) in [7, 11) is 4.15. The first-order chi connectivity index (χ1) is 11.9. The Bertz CT molecular complexity index is 342. The lowest BCUT2D eigenvalue weighted by Crippen LogP contribution is -2.43. The first-order valence-electron chi connectivity index (χ1n) is 9.91. The van der Waals surface area contributed by atoms with Crippen LogP contribution in [-0.2, 0) is 4.74 Å². The van der Waals surface area contributed by atoms with Gasteiger partial charge >= 0.3 is 0 Å². The molecule has 3 N–H and O–H groups in total. The summed E-state index contributed by atoms with van der Waals surface area (Å²) >= 11 is 0. The highest BCUT2D eigenvalue weighted by atomic mass is 16.5. The van der Waals surface area contributed by atoms with Crippen LogP contribution in [0.5, 0.6) is 0 Å². The van der Waals surface area contributed by atoms with E-state index in [-0.39, 0.29) is 6.10 Å². The van der Waals surface area contributed by atoms with Crippen LogP contribution in [0.15, 0.2) is 4.99 Å². The SMILES string of the molecule is CCCC(O)(CCC)CN=C(NCC)NCC(CCN(C)C)OCC.